The molecule has 0 saturated carbocycles. The SMILES string of the molecule is CN1CC(=O)C(=O)C1=O. The summed E-state index contributed by atoms with van der Waals surface area (Å²) >= 11 is 0. The number of hydrogen-bond donors (Lipinski definition) is 0. The summed E-state index contributed by atoms with van der Waals surface area (Å²) in [6, 6.07) is 0. The molecule has 0 aromatic rings. The van der Waals surface area contributed by atoms with Crippen molar-refractivity contribution in [3.63, 3.8) is 0 Å². The van der Waals surface area contributed by atoms with Gasteiger partial charge in [0.2, 0.25) is 5.78 Å². The van der Waals surface area contributed by atoms with E-state index in [0.29, 0.717) is 0 Å². The Morgan fingerprint density at radius 3 is 2.00 bits per heavy atom. The second kappa shape index (κ2) is 1.65. The lowest BCUT2D eigenvalue weighted by atomic mass is 10.3. The summed E-state index contributed by atoms with van der Waals surface area (Å²) in [4.78, 5) is 32.3. The molecular weight excluding hydrogens is 122 g/mol. The Morgan fingerprint density at radius 1 is 1.33 bits per heavy atom. The van der Waals surface area contributed by atoms with Gasteiger partial charge in [-0.05, 0) is 0 Å². The molecule has 9 heavy (non-hydrogen) atoms. The van der Waals surface area contributed by atoms with Gasteiger partial charge in [0.1, 0.15) is 0 Å². The molecule has 0 radical (unpaired) electrons. The third-order valence-corrected chi connectivity index (χ3v) is 1.17. The highest BCUT2D eigenvalue weighted by Gasteiger charge is 2.34. The molecule has 1 amide bonds. The van der Waals surface area contributed by atoms with E-state index in [0.717, 1.165) is 4.90 Å². The zero-order chi connectivity index (χ0) is 7.02. The van der Waals surface area contributed by atoms with Crippen molar-refractivity contribution in [1.29, 1.82) is 0 Å². The predicted octanol–water partition coefficient (Wildman–Crippen LogP) is -1.40. The summed E-state index contributed by atoms with van der Waals surface area (Å²) in [5.74, 6) is -2.19. The van der Waals surface area contributed by atoms with Crippen LogP contribution in [0.5, 0.6) is 0 Å². The maximum atomic E-state index is 10.5. The predicted molar refractivity (Wildman–Crippen MR) is 27.7 cm³/mol. The number of Topliss-reactive ketones (excluding diaryl/α,β-unsaturated/α-hetero) is 2. The van der Waals surface area contributed by atoms with Crippen molar-refractivity contribution < 1.29 is 14.4 Å². The molecule has 1 aliphatic heterocycles. The first-order valence-corrected chi connectivity index (χ1v) is 2.45. The fourth-order valence-electron chi connectivity index (χ4n) is 0.652. The van der Waals surface area contributed by atoms with Crippen molar-refractivity contribution in [2.24, 2.45) is 0 Å². The van der Waals surface area contributed by atoms with Gasteiger partial charge >= 0.3 is 0 Å². The molecule has 0 atom stereocenters. The van der Waals surface area contributed by atoms with E-state index in [9.17, 15) is 14.4 Å². The molecule has 0 unspecified atom stereocenters. The number of nitrogens with zero attached hydrogens (tertiary/aromatic N) is 1. The maximum Gasteiger partial charge on any atom is 0.298 e. The van der Waals surface area contributed by atoms with Crippen molar-refractivity contribution in [2.45, 2.75) is 0 Å². The Balaban J connectivity index is 2.90. The molecule has 0 aromatic carbocycles. The van der Waals surface area contributed by atoms with E-state index in [1.807, 2.05) is 0 Å². The molecule has 0 aromatic heterocycles. The Kier molecular flexibility index (Phi) is 1.09. The molecule has 48 valence electrons. The highest BCUT2D eigenvalue weighted by atomic mass is 16.2. The van der Waals surface area contributed by atoms with E-state index in [2.05, 4.69) is 0 Å². The molecule has 0 aliphatic carbocycles. The molecule has 0 N–H and O–H groups in total. The van der Waals surface area contributed by atoms with E-state index in [1.54, 1.807) is 0 Å². The van der Waals surface area contributed by atoms with Crippen molar-refractivity contribution in [2.75, 3.05) is 13.6 Å². The van der Waals surface area contributed by atoms with Crippen LogP contribution in [0.3, 0.4) is 0 Å². The van der Waals surface area contributed by atoms with E-state index in [1.165, 1.54) is 7.05 Å². The lowest BCUT2D eigenvalue weighted by Crippen LogP contribution is -2.22. The van der Waals surface area contributed by atoms with Crippen LogP contribution in [0.15, 0.2) is 0 Å². The summed E-state index contributed by atoms with van der Waals surface area (Å²) in [5, 5.41) is 0. The highest BCUT2D eigenvalue weighted by molar-refractivity contribution is 6.66. The van der Waals surface area contributed by atoms with Gasteiger partial charge in [0.15, 0.2) is 0 Å². The first kappa shape index (κ1) is 5.94. The lowest BCUT2D eigenvalue weighted by molar-refractivity contribution is -0.142. The number of likely N-dealkylation sites (tertiary alicyclic amines) is 1. The van der Waals surface area contributed by atoms with Crippen molar-refractivity contribution in [1.82, 2.24) is 4.90 Å². The van der Waals surface area contributed by atoms with Gasteiger partial charge in [-0.15, -0.1) is 0 Å². The van der Waals surface area contributed by atoms with Crippen molar-refractivity contribution >= 4 is 17.5 Å². The molecule has 1 rings (SSSR count). The van der Waals surface area contributed by atoms with Gasteiger partial charge in [-0.3, -0.25) is 14.4 Å². The van der Waals surface area contributed by atoms with Crippen LogP contribution in [0.2, 0.25) is 0 Å². The standard InChI is InChI=1S/C5H5NO3/c1-6-2-3(7)4(8)5(6)9/h2H2,1H3. The Bertz CT molecular complexity index is 196. The van der Waals surface area contributed by atoms with E-state index in [-0.39, 0.29) is 6.54 Å². The van der Waals surface area contributed by atoms with Gasteiger partial charge in [0, 0.05) is 7.05 Å². The molecule has 1 fully saturated rings. The Hall–Kier alpha value is -1.19. The molecular formula is C5H5NO3. The van der Waals surface area contributed by atoms with Crippen LogP contribution in [0.1, 0.15) is 0 Å². The molecule has 0 bridgehead atoms. The van der Waals surface area contributed by atoms with Crippen LogP contribution in [0, 0.1) is 0 Å². The second-order valence-corrected chi connectivity index (χ2v) is 1.91. The number of ketones is 2. The largest absolute Gasteiger partial charge is 0.331 e. The Morgan fingerprint density at radius 2 is 1.89 bits per heavy atom. The van der Waals surface area contributed by atoms with E-state index >= 15 is 0 Å². The number of likely N-dealkylation sites (N-methyl/N-ethyl adjacent to an activating group) is 1. The van der Waals surface area contributed by atoms with Crippen LogP contribution in [0.25, 0.3) is 0 Å². The first-order valence-electron chi connectivity index (χ1n) is 2.45. The van der Waals surface area contributed by atoms with Crippen LogP contribution in [0.4, 0.5) is 0 Å². The molecule has 1 saturated heterocycles. The number of carbonyl (C=O) groups is 3. The lowest BCUT2D eigenvalue weighted by Gasteiger charge is -2.00. The quantitative estimate of drug-likeness (QED) is 0.376. The second-order valence-electron chi connectivity index (χ2n) is 1.91. The summed E-state index contributed by atoms with van der Waals surface area (Å²) in [6.45, 7) is -0.0579. The van der Waals surface area contributed by atoms with Gasteiger partial charge in [0.25, 0.3) is 11.7 Å². The fourth-order valence-corrected chi connectivity index (χ4v) is 0.652. The summed E-state index contributed by atoms with van der Waals surface area (Å²) < 4.78 is 0. The van der Waals surface area contributed by atoms with Crippen LogP contribution >= 0.6 is 0 Å². The van der Waals surface area contributed by atoms with Gasteiger partial charge in [-0.1, -0.05) is 0 Å². The fraction of sp³-hybridized carbons (Fsp3) is 0.400. The van der Waals surface area contributed by atoms with Crippen LogP contribution in [-0.2, 0) is 14.4 Å². The van der Waals surface area contributed by atoms with Gasteiger partial charge < -0.3 is 4.90 Å². The molecule has 4 nitrogen and oxygen atoms in total. The molecule has 0 spiro atoms. The number of carbonyl (C=O) groups excluding carboxylic acids is 3. The third-order valence-electron chi connectivity index (χ3n) is 1.17. The number of rotatable bonds is 0. The highest BCUT2D eigenvalue weighted by Crippen LogP contribution is 1.97. The topological polar surface area (TPSA) is 54.5 Å². The minimum absolute atomic E-state index is 0.0579. The minimum atomic E-state index is -0.891. The monoisotopic (exact) mass is 127 g/mol. The van der Waals surface area contributed by atoms with E-state index in [4.69, 9.17) is 0 Å². The van der Waals surface area contributed by atoms with Crippen molar-refractivity contribution in [3.05, 3.63) is 0 Å². The molecule has 4 heteroatoms. The molecule has 1 aliphatic rings. The van der Waals surface area contributed by atoms with Crippen molar-refractivity contribution in [3.8, 4) is 0 Å². The summed E-state index contributed by atoms with van der Waals surface area (Å²) in [5.41, 5.74) is 0. The summed E-state index contributed by atoms with van der Waals surface area (Å²) in [7, 11) is 1.42. The Labute approximate surface area is 51.4 Å². The number of hydrogen-bond acceptors (Lipinski definition) is 3. The summed E-state index contributed by atoms with van der Waals surface area (Å²) in [6.07, 6.45) is 0. The first-order chi connectivity index (χ1) is 4.13. The minimum Gasteiger partial charge on any atom is -0.331 e. The van der Waals surface area contributed by atoms with Crippen LogP contribution < -0.4 is 0 Å². The average molecular weight is 127 g/mol. The van der Waals surface area contributed by atoms with E-state index < -0.39 is 17.5 Å². The molecule has 1 heterocycles. The van der Waals surface area contributed by atoms with Gasteiger partial charge in [0.05, 0.1) is 6.54 Å². The normalized spacial score (nSPS) is 19.7. The van der Waals surface area contributed by atoms with Gasteiger partial charge in [-0.2, -0.15) is 0 Å². The van der Waals surface area contributed by atoms with Gasteiger partial charge in [-0.25, -0.2) is 0 Å². The average Bonchev–Trinajstić information content (AvgIpc) is 1.98. The number of amides is 1. The third kappa shape index (κ3) is 0.718. The van der Waals surface area contributed by atoms with Crippen LogP contribution in [-0.4, -0.2) is 36.0 Å². The zero-order valence-electron chi connectivity index (χ0n) is 4.88. The smallest absolute Gasteiger partial charge is 0.298 e. The maximum absolute atomic E-state index is 10.5. The zero-order valence-corrected chi connectivity index (χ0v) is 4.88.